The minimum atomic E-state index is -2.30. The molecule has 3 aliphatic rings. The number of carboxylic acids is 1. The Hall–Kier alpha value is -6.01. The van der Waals surface area contributed by atoms with Crippen LogP contribution in [0, 0.1) is 0 Å². The predicted molar refractivity (Wildman–Crippen MR) is 190 cm³/mol. The average molecular weight is 819 g/mol. The molecular weight excluding hydrogens is 789 g/mol. The summed E-state index contributed by atoms with van der Waals surface area (Å²) in [7, 11) is 1.35. The standard InChI is InChI=1S/C31H30N8O13S3/c1-5-37-8-9-38(25(45)24(37)44)29(49)33-19(15-6-7-17(51-13(2)41)18(10-15)52-14(3)42)22(43)34-31(32-12-40)27(48)39-20(26(46)47)16(11-54-28(31)39)21(53)23-35-36-30(50-4)55-23/h6-7,10,12,19,28H,5,8-9,11H2,1-4H3,(H,32,40)(H,33,49)(H,34,43)(H,46,47)/t19?,28-,31+/m0/s1. The Kier molecular flexibility index (Phi) is 11.8. The van der Waals surface area contributed by atoms with E-state index in [0.717, 1.165) is 54.0 Å². The highest BCUT2D eigenvalue weighted by Crippen LogP contribution is 2.46. The second-order valence-electron chi connectivity index (χ2n) is 11.6. The smallest absolute Gasteiger partial charge is 0.353 e. The maximum absolute atomic E-state index is 14.3. The molecule has 0 radical (unpaired) electrons. The summed E-state index contributed by atoms with van der Waals surface area (Å²) in [6, 6.07) is 0.331. The lowest BCUT2D eigenvalue weighted by Gasteiger charge is -2.56. The van der Waals surface area contributed by atoms with Crippen LogP contribution in [-0.4, -0.2) is 132 Å². The van der Waals surface area contributed by atoms with Gasteiger partial charge in [0.1, 0.15) is 17.1 Å². The van der Waals surface area contributed by atoms with Crippen molar-refractivity contribution >= 4 is 94.2 Å². The van der Waals surface area contributed by atoms with Crippen LogP contribution in [0.4, 0.5) is 4.79 Å². The first-order valence-electron chi connectivity index (χ1n) is 15.9. The number of hydrogen-bond acceptors (Lipinski definition) is 17. The number of thioether (sulfide) groups is 1. The van der Waals surface area contributed by atoms with Crippen LogP contribution in [0.25, 0.3) is 0 Å². The van der Waals surface area contributed by atoms with E-state index in [4.69, 9.17) is 26.4 Å². The van der Waals surface area contributed by atoms with E-state index in [0.29, 0.717) is 4.90 Å². The molecule has 290 valence electrons. The summed E-state index contributed by atoms with van der Waals surface area (Å²) >= 11 is 7.37. The molecule has 21 nitrogen and oxygen atoms in total. The number of likely N-dealkylation sites (N-methyl/N-ethyl adjacent to an activating group) is 1. The van der Waals surface area contributed by atoms with Gasteiger partial charge in [-0.1, -0.05) is 34.7 Å². The maximum atomic E-state index is 14.3. The van der Waals surface area contributed by atoms with Gasteiger partial charge >= 0.3 is 35.8 Å². The Labute approximate surface area is 323 Å². The van der Waals surface area contributed by atoms with Gasteiger partial charge in [0.05, 0.1) is 12.0 Å². The molecule has 1 aromatic carbocycles. The molecular formula is C31H30N8O13S3. The SMILES string of the molecule is CCN1CCN(C(=O)NC(C(=O)N[C@]2(NC=O)C(=O)N3C(C(=O)O)=C(C(=S)c4nnc(OC)s4)CS[C@H]32)c2ccc(OC(C)=O)c(OC(C)=O)c2)C(=O)C1=O. The minimum Gasteiger partial charge on any atom is -0.477 e. The van der Waals surface area contributed by atoms with Gasteiger partial charge < -0.3 is 40.2 Å². The van der Waals surface area contributed by atoms with Crippen LogP contribution < -0.4 is 30.2 Å². The normalized spacial score (nSPS) is 19.7. The second kappa shape index (κ2) is 16.2. The van der Waals surface area contributed by atoms with Crippen molar-refractivity contribution in [2.24, 2.45) is 0 Å². The van der Waals surface area contributed by atoms with Crippen molar-refractivity contribution in [2.45, 2.75) is 37.8 Å². The summed E-state index contributed by atoms with van der Waals surface area (Å²) in [6.07, 6.45) is 0.103. The fourth-order valence-corrected chi connectivity index (χ4v) is 8.22. The zero-order valence-electron chi connectivity index (χ0n) is 29.1. The molecule has 2 fully saturated rings. The van der Waals surface area contributed by atoms with Gasteiger partial charge in [-0.25, -0.2) is 9.59 Å². The van der Waals surface area contributed by atoms with E-state index in [1.54, 1.807) is 6.92 Å². The van der Waals surface area contributed by atoms with Gasteiger partial charge in [0.15, 0.2) is 16.5 Å². The molecule has 4 heterocycles. The summed E-state index contributed by atoms with van der Waals surface area (Å²) in [6.45, 7) is 3.70. The summed E-state index contributed by atoms with van der Waals surface area (Å²) in [5, 5.41) is 24.0. The van der Waals surface area contributed by atoms with Crippen molar-refractivity contribution in [3.63, 3.8) is 0 Å². The maximum Gasteiger partial charge on any atom is 0.353 e. The van der Waals surface area contributed by atoms with E-state index in [1.165, 1.54) is 18.1 Å². The number of amides is 7. The first-order chi connectivity index (χ1) is 26.1. The number of imide groups is 1. The molecule has 7 amide bonds. The Morgan fingerprint density at radius 1 is 1.07 bits per heavy atom. The number of nitrogens with one attached hydrogen (secondary N) is 3. The van der Waals surface area contributed by atoms with Crippen LogP contribution in [0.15, 0.2) is 29.5 Å². The number of carboxylic acid groups (broad SMARTS) is 1. The number of methoxy groups -OCH3 is 1. The molecule has 0 bridgehead atoms. The average Bonchev–Trinajstić information content (AvgIpc) is 3.63. The Morgan fingerprint density at radius 2 is 1.76 bits per heavy atom. The number of fused-ring (bicyclic) bond motifs is 1. The van der Waals surface area contributed by atoms with Crippen LogP contribution in [0.1, 0.15) is 37.4 Å². The molecule has 2 aromatic rings. The fraction of sp³-hybridized carbons (Fsp3) is 0.355. The molecule has 0 aliphatic carbocycles. The third kappa shape index (κ3) is 7.68. The van der Waals surface area contributed by atoms with E-state index < -0.39 is 70.3 Å². The Balaban J connectivity index is 1.52. The van der Waals surface area contributed by atoms with E-state index in [9.17, 15) is 48.3 Å². The van der Waals surface area contributed by atoms with Gasteiger partial charge in [0.25, 0.3) is 11.1 Å². The number of ether oxygens (including phenoxy) is 3. The van der Waals surface area contributed by atoms with Gasteiger partial charge in [-0.3, -0.25) is 43.4 Å². The number of urea groups is 1. The number of β-lactam (4-membered cyclic amide) rings is 1. The summed E-state index contributed by atoms with van der Waals surface area (Å²) < 4.78 is 15.3. The largest absolute Gasteiger partial charge is 0.477 e. The highest BCUT2D eigenvalue weighted by molar-refractivity contribution is 8.00. The molecule has 4 N–H and O–H groups in total. The van der Waals surface area contributed by atoms with Crippen molar-refractivity contribution in [1.82, 2.24) is 40.8 Å². The number of esters is 2. The van der Waals surface area contributed by atoms with Crippen molar-refractivity contribution in [3.8, 4) is 16.7 Å². The zero-order chi connectivity index (χ0) is 40.4. The predicted octanol–water partition coefficient (Wildman–Crippen LogP) is -0.931. The number of benzene rings is 1. The number of carbonyl (C=O) groups is 9. The number of thiocarbonyl (C=S) groups is 1. The zero-order valence-corrected chi connectivity index (χ0v) is 31.5. The third-order valence-electron chi connectivity index (χ3n) is 8.21. The van der Waals surface area contributed by atoms with Crippen LogP contribution >= 0.6 is 35.3 Å². The highest BCUT2D eigenvalue weighted by Gasteiger charge is 2.66. The van der Waals surface area contributed by atoms with Crippen LogP contribution in [0.3, 0.4) is 0 Å². The van der Waals surface area contributed by atoms with E-state index in [1.807, 2.05) is 0 Å². The lowest BCUT2D eigenvalue weighted by molar-refractivity contribution is -0.162. The van der Waals surface area contributed by atoms with Crippen molar-refractivity contribution in [2.75, 3.05) is 32.5 Å². The quantitative estimate of drug-likeness (QED) is 0.0278. The Bertz CT molecular complexity index is 2070. The van der Waals surface area contributed by atoms with Gasteiger partial charge in [0.2, 0.25) is 18.0 Å². The number of hydrogen-bond donors (Lipinski definition) is 4. The lowest BCUT2D eigenvalue weighted by atomic mass is 9.93. The van der Waals surface area contributed by atoms with Crippen LogP contribution in [0.5, 0.6) is 16.7 Å². The van der Waals surface area contributed by atoms with Gasteiger partial charge in [-0.15, -0.1) is 16.9 Å². The van der Waals surface area contributed by atoms with Crippen LogP contribution in [0.2, 0.25) is 0 Å². The topological polar surface area (TPSA) is 273 Å². The van der Waals surface area contributed by atoms with Gasteiger partial charge in [0, 0.05) is 44.8 Å². The number of aromatic nitrogens is 2. The molecule has 3 atom stereocenters. The lowest BCUT2D eigenvalue weighted by Crippen LogP contribution is -2.85. The molecule has 1 unspecified atom stereocenters. The van der Waals surface area contributed by atoms with Crippen molar-refractivity contribution in [1.29, 1.82) is 0 Å². The fourth-order valence-electron chi connectivity index (χ4n) is 5.74. The van der Waals surface area contributed by atoms with E-state index in [2.05, 4.69) is 26.1 Å². The summed E-state index contributed by atoms with van der Waals surface area (Å²) in [5.41, 5.74) is -2.98. The van der Waals surface area contributed by atoms with E-state index in [-0.39, 0.29) is 69.5 Å². The summed E-state index contributed by atoms with van der Waals surface area (Å²) in [5.74, 6) is -8.42. The molecule has 0 saturated carbocycles. The minimum absolute atomic E-state index is 0.00784. The first kappa shape index (κ1) is 40.2. The molecule has 0 spiro atoms. The second-order valence-corrected chi connectivity index (χ2v) is 14.0. The van der Waals surface area contributed by atoms with Crippen molar-refractivity contribution in [3.05, 3.63) is 40.0 Å². The number of aliphatic carboxylic acids is 1. The van der Waals surface area contributed by atoms with Crippen molar-refractivity contribution < 1.29 is 62.5 Å². The number of piperazine rings is 1. The van der Waals surface area contributed by atoms with Gasteiger partial charge in [-0.05, 0) is 24.6 Å². The number of rotatable bonds is 13. The molecule has 5 rings (SSSR count). The molecule has 2 saturated heterocycles. The first-order valence-corrected chi connectivity index (χ1v) is 18.1. The molecule has 24 heteroatoms. The van der Waals surface area contributed by atoms with Gasteiger partial charge in [-0.2, -0.15) is 0 Å². The molecule has 3 aliphatic heterocycles. The highest BCUT2D eigenvalue weighted by atomic mass is 32.2. The van der Waals surface area contributed by atoms with Crippen LogP contribution in [-0.2, 0) is 38.4 Å². The Morgan fingerprint density at radius 3 is 2.36 bits per heavy atom. The molecule has 55 heavy (non-hydrogen) atoms. The third-order valence-corrected chi connectivity index (χ3v) is 11.0. The number of nitrogens with zero attached hydrogens (tertiary/aromatic N) is 5. The summed E-state index contributed by atoms with van der Waals surface area (Å²) in [4.78, 5) is 118. The number of carbonyl (C=O) groups excluding carboxylic acids is 8. The van der Waals surface area contributed by atoms with E-state index >= 15 is 0 Å². The monoisotopic (exact) mass is 818 g/mol. The molecule has 1 aromatic heterocycles.